The maximum absolute atomic E-state index is 13.5. The molecular formula is C25H24F3N5O2. The van der Waals surface area contributed by atoms with E-state index in [1.54, 1.807) is 38.9 Å². The number of aromatic nitrogens is 2. The molecule has 0 radical (unpaired) electrons. The Kier molecular flexibility index (Phi) is 6.96. The maximum atomic E-state index is 13.5. The Morgan fingerprint density at radius 2 is 1.97 bits per heavy atom. The Hall–Kier alpha value is -4.00. The summed E-state index contributed by atoms with van der Waals surface area (Å²) in [5, 5.41) is 13.3. The fraction of sp³-hybridized carbons (Fsp3) is 0.320. The van der Waals surface area contributed by atoms with Gasteiger partial charge in [0.25, 0.3) is 5.91 Å². The number of rotatable bonds is 6. The van der Waals surface area contributed by atoms with E-state index in [1.165, 1.54) is 18.3 Å². The SMILES string of the molecule is CCn1cc(C(=O)N2CCN(c3ccc(C#N)c(C(F)(F)F)c3)CC2COc2ccccc2)cn1. The molecule has 1 aliphatic heterocycles. The highest BCUT2D eigenvalue weighted by atomic mass is 19.4. The first kappa shape index (κ1) is 24.1. The van der Waals surface area contributed by atoms with Gasteiger partial charge in [0.1, 0.15) is 12.4 Å². The molecule has 10 heteroatoms. The number of hydrogen-bond donors (Lipinski definition) is 0. The number of nitrogens with zero attached hydrogens (tertiary/aromatic N) is 5. The van der Waals surface area contributed by atoms with Crippen molar-refractivity contribution in [3.05, 3.63) is 77.6 Å². The number of para-hydroxylation sites is 1. The van der Waals surface area contributed by atoms with Crippen molar-refractivity contribution in [3.8, 4) is 11.8 Å². The lowest BCUT2D eigenvalue weighted by Gasteiger charge is -2.42. The van der Waals surface area contributed by atoms with E-state index in [0.717, 1.165) is 6.07 Å². The van der Waals surface area contributed by atoms with E-state index in [4.69, 9.17) is 10.00 Å². The van der Waals surface area contributed by atoms with Crippen LogP contribution >= 0.6 is 0 Å². The van der Waals surface area contributed by atoms with Crippen LogP contribution in [0, 0.1) is 11.3 Å². The molecule has 1 aliphatic rings. The van der Waals surface area contributed by atoms with Crippen molar-refractivity contribution in [2.75, 3.05) is 31.1 Å². The molecule has 4 rings (SSSR count). The number of benzene rings is 2. The molecule has 0 bridgehead atoms. The van der Waals surface area contributed by atoms with Crippen LogP contribution in [-0.2, 0) is 12.7 Å². The van der Waals surface area contributed by atoms with Gasteiger partial charge in [0, 0.05) is 38.1 Å². The summed E-state index contributed by atoms with van der Waals surface area (Å²) in [6.45, 7) is 3.60. The van der Waals surface area contributed by atoms with Crippen LogP contribution < -0.4 is 9.64 Å². The number of halogens is 3. The fourth-order valence-electron chi connectivity index (χ4n) is 4.08. The zero-order valence-electron chi connectivity index (χ0n) is 19.1. The average molecular weight is 483 g/mol. The summed E-state index contributed by atoms with van der Waals surface area (Å²) >= 11 is 0. The summed E-state index contributed by atoms with van der Waals surface area (Å²) in [7, 11) is 0. The van der Waals surface area contributed by atoms with E-state index in [2.05, 4.69) is 5.10 Å². The number of amides is 1. The molecule has 1 unspecified atom stereocenters. The normalized spacial score (nSPS) is 16.1. The molecule has 1 amide bonds. The molecule has 1 atom stereocenters. The molecule has 35 heavy (non-hydrogen) atoms. The molecule has 1 saturated heterocycles. The van der Waals surface area contributed by atoms with Gasteiger partial charge >= 0.3 is 6.18 Å². The Morgan fingerprint density at radius 3 is 2.63 bits per heavy atom. The van der Waals surface area contributed by atoms with Gasteiger partial charge in [-0.05, 0) is 37.3 Å². The third-order valence-electron chi connectivity index (χ3n) is 5.93. The van der Waals surface area contributed by atoms with Gasteiger partial charge in [-0.1, -0.05) is 18.2 Å². The molecule has 2 aromatic carbocycles. The standard InChI is InChI=1S/C25H24F3N5O2/c1-2-32-15-19(14-30-32)24(34)33-11-10-31(16-21(33)17-35-22-6-4-3-5-7-22)20-9-8-18(13-29)23(12-20)25(26,27)28/h3-9,12,14-15,21H,2,10-11,16-17H2,1H3. The average Bonchev–Trinajstić information content (AvgIpc) is 3.36. The Morgan fingerprint density at radius 1 is 1.20 bits per heavy atom. The summed E-state index contributed by atoms with van der Waals surface area (Å²) in [5.74, 6) is 0.426. The lowest BCUT2D eigenvalue weighted by Crippen LogP contribution is -2.57. The minimum Gasteiger partial charge on any atom is -0.491 e. The quantitative estimate of drug-likeness (QED) is 0.525. The van der Waals surface area contributed by atoms with E-state index in [0.29, 0.717) is 36.6 Å². The Balaban J connectivity index is 1.59. The van der Waals surface area contributed by atoms with Crippen LogP contribution in [0.5, 0.6) is 5.75 Å². The third-order valence-corrected chi connectivity index (χ3v) is 5.93. The second-order valence-corrected chi connectivity index (χ2v) is 8.15. The lowest BCUT2D eigenvalue weighted by molar-refractivity contribution is -0.137. The molecule has 0 saturated carbocycles. The number of anilines is 1. The lowest BCUT2D eigenvalue weighted by atomic mass is 10.0. The summed E-state index contributed by atoms with van der Waals surface area (Å²) in [5.41, 5.74) is -0.610. The maximum Gasteiger partial charge on any atom is 0.417 e. The highest BCUT2D eigenvalue weighted by Crippen LogP contribution is 2.35. The van der Waals surface area contributed by atoms with Crippen molar-refractivity contribution in [1.29, 1.82) is 5.26 Å². The van der Waals surface area contributed by atoms with Gasteiger partial charge in [-0.2, -0.15) is 23.5 Å². The van der Waals surface area contributed by atoms with Crippen molar-refractivity contribution in [2.45, 2.75) is 25.7 Å². The first-order valence-corrected chi connectivity index (χ1v) is 11.2. The van der Waals surface area contributed by atoms with E-state index in [1.807, 2.05) is 25.1 Å². The van der Waals surface area contributed by atoms with Crippen LogP contribution in [0.2, 0.25) is 0 Å². The number of piperazine rings is 1. The molecule has 0 N–H and O–H groups in total. The number of aryl methyl sites for hydroxylation is 1. The second-order valence-electron chi connectivity index (χ2n) is 8.15. The van der Waals surface area contributed by atoms with Crippen molar-refractivity contribution in [2.24, 2.45) is 0 Å². The van der Waals surface area contributed by atoms with E-state index in [9.17, 15) is 18.0 Å². The van der Waals surface area contributed by atoms with Crippen molar-refractivity contribution >= 4 is 11.6 Å². The van der Waals surface area contributed by atoms with Crippen LogP contribution in [0.1, 0.15) is 28.4 Å². The largest absolute Gasteiger partial charge is 0.491 e. The summed E-state index contributed by atoms with van der Waals surface area (Å²) in [4.78, 5) is 16.7. The van der Waals surface area contributed by atoms with Gasteiger partial charge in [0.2, 0.25) is 0 Å². The second kappa shape index (κ2) is 10.1. The molecule has 1 aromatic heterocycles. The van der Waals surface area contributed by atoms with Gasteiger partial charge in [-0.25, -0.2) is 0 Å². The van der Waals surface area contributed by atoms with Gasteiger partial charge in [0.15, 0.2) is 0 Å². The molecule has 0 spiro atoms. The number of alkyl halides is 3. The van der Waals surface area contributed by atoms with Crippen molar-refractivity contribution in [3.63, 3.8) is 0 Å². The van der Waals surface area contributed by atoms with Crippen LogP contribution in [-0.4, -0.2) is 52.9 Å². The predicted molar refractivity (Wildman–Crippen MR) is 123 cm³/mol. The minimum atomic E-state index is -4.64. The first-order chi connectivity index (χ1) is 16.8. The van der Waals surface area contributed by atoms with Crippen LogP contribution in [0.15, 0.2) is 60.9 Å². The van der Waals surface area contributed by atoms with Crippen LogP contribution in [0.25, 0.3) is 0 Å². The summed E-state index contributed by atoms with van der Waals surface area (Å²) in [6, 6.07) is 14.0. The number of carbonyl (C=O) groups excluding carboxylic acids is 1. The van der Waals surface area contributed by atoms with Crippen LogP contribution in [0.3, 0.4) is 0 Å². The van der Waals surface area contributed by atoms with Crippen molar-refractivity contribution < 1.29 is 22.7 Å². The van der Waals surface area contributed by atoms with Crippen molar-refractivity contribution in [1.82, 2.24) is 14.7 Å². The summed E-state index contributed by atoms with van der Waals surface area (Å²) in [6.07, 6.45) is -1.45. The topological polar surface area (TPSA) is 74.4 Å². The molecule has 3 aromatic rings. The zero-order valence-corrected chi connectivity index (χ0v) is 19.1. The fourth-order valence-corrected chi connectivity index (χ4v) is 4.08. The minimum absolute atomic E-state index is 0.163. The van der Waals surface area contributed by atoms with E-state index < -0.39 is 23.3 Å². The molecule has 1 fully saturated rings. The highest BCUT2D eigenvalue weighted by molar-refractivity contribution is 5.94. The van der Waals surface area contributed by atoms with Gasteiger partial charge in [-0.15, -0.1) is 0 Å². The smallest absolute Gasteiger partial charge is 0.417 e. The number of hydrogen-bond acceptors (Lipinski definition) is 5. The van der Waals surface area contributed by atoms with Gasteiger partial charge in [0.05, 0.1) is 35.0 Å². The predicted octanol–water partition coefficient (Wildman–Crippen LogP) is 4.20. The monoisotopic (exact) mass is 483 g/mol. The number of carbonyl (C=O) groups is 1. The first-order valence-electron chi connectivity index (χ1n) is 11.2. The number of nitriles is 1. The van der Waals surface area contributed by atoms with E-state index >= 15 is 0 Å². The molecule has 2 heterocycles. The Labute approximate surface area is 200 Å². The summed E-state index contributed by atoms with van der Waals surface area (Å²) < 4.78 is 48.1. The molecule has 7 nitrogen and oxygen atoms in total. The highest BCUT2D eigenvalue weighted by Gasteiger charge is 2.36. The molecule has 182 valence electrons. The van der Waals surface area contributed by atoms with E-state index in [-0.39, 0.29) is 19.1 Å². The van der Waals surface area contributed by atoms with Gasteiger partial charge in [-0.3, -0.25) is 9.48 Å². The third kappa shape index (κ3) is 5.40. The zero-order chi connectivity index (χ0) is 25.0. The molecule has 0 aliphatic carbocycles. The Bertz CT molecular complexity index is 1220. The molecular weight excluding hydrogens is 459 g/mol. The van der Waals surface area contributed by atoms with Gasteiger partial charge < -0.3 is 14.5 Å². The number of ether oxygens (including phenoxy) is 1. The van der Waals surface area contributed by atoms with Crippen LogP contribution in [0.4, 0.5) is 18.9 Å².